The first-order valence-electron chi connectivity index (χ1n) is 5.67. The highest BCUT2D eigenvalue weighted by Crippen LogP contribution is 2.47. The second kappa shape index (κ2) is 3.12. The third-order valence-electron chi connectivity index (χ3n) is 3.45. The Hall–Kier alpha value is -1.79. The Bertz CT molecular complexity index is 757. The van der Waals surface area contributed by atoms with Gasteiger partial charge in [-0.3, -0.25) is 0 Å². The molecule has 0 amide bonds. The van der Waals surface area contributed by atoms with Crippen LogP contribution in [0.5, 0.6) is 0 Å². The number of fused-ring (bicyclic) bond motifs is 3. The fraction of sp³-hybridized carbons (Fsp3) is 0. The fourth-order valence-corrected chi connectivity index (χ4v) is 3.01. The van der Waals surface area contributed by atoms with Crippen molar-refractivity contribution < 1.29 is 0 Å². The summed E-state index contributed by atoms with van der Waals surface area (Å²) in [5, 5.41) is 3.36. The van der Waals surface area contributed by atoms with E-state index < -0.39 is 0 Å². The first-order chi connectivity index (χ1) is 8.34. The second-order valence-corrected chi connectivity index (χ2v) is 4.84. The number of rotatable bonds is 0. The molecule has 4 rings (SSSR count). The molecule has 0 nitrogen and oxygen atoms in total. The summed E-state index contributed by atoms with van der Waals surface area (Å²) < 4.78 is 0. The van der Waals surface area contributed by atoms with Crippen LogP contribution in [0.25, 0.3) is 33.0 Å². The molecule has 0 saturated heterocycles. The van der Waals surface area contributed by atoms with Crippen LogP contribution in [0.1, 0.15) is 0 Å². The van der Waals surface area contributed by atoms with Crippen LogP contribution in [-0.4, -0.2) is 0 Å². The van der Waals surface area contributed by atoms with Crippen LogP contribution in [0.4, 0.5) is 0 Å². The molecule has 0 aliphatic heterocycles. The van der Waals surface area contributed by atoms with Gasteiger partial charge in [0, 0.05) is 5.02 Å². The molecule has 1 aliphatic carbocycles. The van der Waals surface area contributed by atoms with Gasteiger partial charge in [-0.25, -0.2) is 0 Å². The maximum absolute atomic E-state index is 6.19. The fourth-order valence-electron chi connectivity index (χ4n) is 2.78. The van der Waals surface area contributed by atoms with E-state index in [-0.39, 0.29) is 0 Å². The molecule has 1 aliphatic rings. The van der Waals surface area contributed by atoms with E-state index in [0.29, 0.717) is 0 Å². The summed E-state index contributed by atoms with van der Waals surface area (Å²) in [6.45, 7) is 0. The Labute approximate surface area is 104 Å². The van der Waals surface area contributed by atoms with Crippen molar-refractivity contribution in [3.63, 3.8) is 0 Å². The molecule has 0 radical (unpaired) electrons. The predicted octanol–water partition coefficient (Wildman–Crippen LogP) is 5.14. The molecule has 0 atom stereocenters. The highest BCUT2D eigenvalue weighted by molar-refractivity contribution is 6.32. The lowest BCUT2D eigenvalue weighted by molar-refractivity contribution is 1.70. The van der Waals surface area contributed by atoms with Gasteiger partial charge in [0.1, 0.15) is 0 Å². The molecule has 1 heteroatoms. The van der Waals surface area contributed by atoms with Gasteiger partial charge >= 0.3 is 0 Å². The van der Waals surface area contributed by atoms with E-state index in [0.717, 1.165) is 5.02 Å². The molecule has 17 heavy (non-hydrogen) atoms. The van der Waals surface area contributed by atoms with Crippen molar-refractivity contribution in [2.45, 2.75) is 0 Å². The van der Waals surface area contributed by atoms with Crippen LogP contribution in [0.15, 0.2) is 54.6 Å². The summed E-state index contributed by atoms with van der Waals surface area (Å²) in [4.78, 5) is 0. The predicted molar refractivity (Wildman–Crippen MR) is 73.4 cm³/mol. The van der Waals surface area contributed by atoms with Crippen molar-refractivity contribution in [1.29, 1.82) is 0 Å². The van der Waals surface area contributed by atoms with Crippen molar-refractivity contribution in [2.75, 3.05) is 0 Å². The first-order valence-corrected chi connectivity index (χ1v) is 6.04. The number of benzene rings is 3. The van der Waals surface area contributed by atoms with Gasteiger partial charge in [-0.1, -0.05) is 54.1 Å². The van der Waals surface area contributed by atoms with Crippen LogP contribution in [0.3, 0.4) is 0 Å². The average molecular weight is 237 g/mol. The van der Waals surface area contributed by atoms with Gasteiger partial charge in [-0.2, -0.15) is 0 Å². The van der Waals surface area contributed by atoms with Gasteiger partial charge in [0.15, 0.2) is 0 Å². The van der Waals surface area contributed by atoms with Crippen molar-refractivity contribution >= 4 is 22.4 Å². The largest absolute Gasteiger partial charge is 0.0843 e. The lowest BCUT2D eigenvalue weighted by atomic mass is 10.0. The number of halogens is 1. The van der Waals surface area contributed by atoms with E-state index in [9.17, 15) is 0 Å². The van der Waals surface area contributed by atoms with Crippen LogP contribution in [0, 0.1) is 0 Å². The van der Waals surface area contributed by atoms with Gasteiger partial charge in [0.2, 0.25) is 0 Å². The SMILES string of the molecule is Clc1cc2c3c(cccc3c1)-c1ccccc1-2. The highest BCUT2D eigenvalue weighted by atomic mass is 35.5. The zero-order valence-corrected chi connectivity index (χ0v) is 9.83. The molecule has 0 N–H and O–H groups in total. The number of hydrogen-bond acceptors (Lipinski definition) is 0. The van der Waals surface area contributed by atoms with Crippen LogP contribution in [0.2, 0.25) is 5.02 Å². The van der Waals surface area contributed by atoms with Gasteiger partial charge in [0.05, 0.1) is 0 Å². The molecule has 0 saturated carbocycles. The molecular formula is C16H9Cl. The van der Waals surface area contributed by atoms with Gasteiger partial charge in [-0.15, -0.1) is 0 Å². The minimum absolute atomic E-state index is 0.807. The Balaban J connectivity index is 2.30. The summed E-state index contributed by atoms with van der Waals surface area (Å²) in [6, 6.07) is 19.0. The van der Waals surface area contributed by atoms with Crippen molar-refractivity contribution in [1.82, 2.24) is 0 Å². The summed E-state index contributed by atoms with van der Waals surface area (Å²) in [5.74, 6) is 0. The lowest BCUT2D eigenvalue weighted by Gasteiger charge is -2.02. The topological polar surface area (TPSA) is 0 Å². The van der Waals surface area contributed by atoms with Crippen molar-refractivity contribution in [2.24, 2.45) is 0 Å². The summed E-state index contributed by atoms with van der Waals surface area (Å²) in [5.41, 5.74) is 5.19. The maximum Gasteiger partial charge on any atom is 0.0418 e. The molecule has 0 aromatic heterocycles. The zero-order valence-electron chi connectivity index (χ0n) is 9.07. The Morgan fingerprint density at radius 3 is 2.18 bits per heavy atom. The molecule has 0 unspecified atom stereocenters. The molecule has 0 heterocycles. The molecule has 0 fully saturated rings. The van der Waals surface area contributed by atoms with E-state index in [1.54, 1.807) is 0 Å². The Kier molecular flexibility index (Phi) is 1.70. The Morgan fingerprint density at radius 1 is 0.647 bits per heavy atom. The first kappa shape index (κ1) is 9.26. The van der Waals surface area contributed by atoms with Crippen molar-refractivity contribution in [3.8, 4) is 22.3 Å². The number of hydrogen-bond donors (Lipinski definition) is 0. The quantitative estimate of drug-likeness (QED) is 0.397. The summed E-state index contributed by atoms with van der Waals surface area (Å²) >= 11 is 6.19. The van der Waals surface area contributed by atoms with Crippen LogP contribution < -0.4 is 0 Å². The zero-order chi connectivity index (χ0) is 11.4. The maximum atomic E-state index is 6.19. The van der Waals surface area contributed by atoms with E-state index >= 15 is 0 Å². The molecule has 0 bridgehead atoms. The standard InChI is InChI=1S/C16H9Cl/c17-11-8-10-4-3-7-14-12-5-1-2-6-13(12)15(9-11)16(10)14/h1-9H. The third-order valence-corrected chi connectivity index (χ3v) is 3.67. The molecule has 0 spiro atoms. The van der Waals surface area contributed by atoms with Crippen molar-refractivity contribution in [3.05, 3.63) is 59.6 Å². The smallest absolute Gasteiger partial charge is 0.0418 e. The second-order valence-electron chi connectivity index (χ2n) is 4.40. The van der Waals surface area contributed by atoms with Gasteiger partial charge < -0.3 is 0 Å². The van der Waals surface area contributed by atoms with Crippen LogP contribution in [-0.2, 0) is 0 Å². The lowest BCUT2D eigenvalue weighted by Crippen LogP contribution is -1.75. The molecular weight excluding hydrogens is 228 g/mol. The van der Waals surface area contributed by atoms with E-state index in [2.05, 4.69) is 48.5 Å². The minimum atomic E-state index is 0.807. The third kappa shape index (κ3) is 1.13. The molecule has 3 aromatic rings. The van der Waals surface area contributed by atoms with E-state index in [1.165, 1.54) is 33.0 Å². The summed E-state index contributed by atoms with van der Waals surface area (Å²) in [6.07, 6.45) is 0. The molecule has 80 valence electrons. The van der Waals surface area contributed by atoms with E-state index in [1.807, 2.05) is 6.07 Å². The minimum Gasteiger partial charge on any atom is -0.0843 e. The summed E-state index contributed by atoms with van der Waals surface area (Å²) in [7, 11) is 0. The highest BCUT2D eigenvalue weighted by Gasteiger charge is 2.20. The Morgan fingerprint density at radius 2 is 1.35 bits per heavy atom. The molecule has 3 aromatic carbocycles. The van der Waals surface area contributed by atoms with Gasteiger partial charge in [0.25, 0.3) is 0 Å². The van der Waals surface area contributed by atoms with E-state index in [4.69, 9.17) is 11.6 Å². The van der Waals surface area contributed by atoms with Crippen LogP contribution >= 0.6 is 11.6 Å². The average Bonchev–Trinajstić information content (AvgIpc) is 2.67. The van der Waals surface area contributed by atoms with Gasteiger partial charge in [-0.05, 0) is 45.2 Å². The normalized spacial score (nSPS) is 11.8. The monoisotopic (exact) mass is 236 g/mol.